The molecule has 1 amide bonds. The second-order valence-electron chi connectivity index (χ2n) is 4.55. The molecule has 2 rings (SSSR count). The van der Waals surface area contributed by atoms with Crippen LogP contribution in [0, 0.1) is 0 Å². The van der Waals surface area contributed by atoms with Crippen LogP contribution in [0.15, 0.2) is 29.2 Å². The van der Waals surface area contributed by atoms with E-state index >= 15 is 0 Å². The first-order valence-corrected chi connectivity index (χ1v) is 7.48. The normalized spacial score (nSPS) is 16.1. The van der Waals surface area contributed by atoms with Gasteiger partial charge in [-0.15, -0.1) is 11.8 Å². The summed E-state index contributed by atoms with van der Waals surface area (Å²) in [6.45, 7) is 2.90. The van der Waals surface area contributed by atoms with Gasteiger partial charge in [0.1, 0.15) is 0 Å². The Morgan fingerprint density at radius 1 is 1.44 bits per heavy atom. The van der Waals surface area contributed by atoms with Crippen molar-refractivity contribution in [2.24, 2.45) is 0 Å². The molecule has 1 saturated carbocycles. The number of amides is 1. The Morgan fingerprint density at radius 3 is 2.78 bits per heavy atom. The van der Waals surface area contributed by atoms with Crippen LogP contribution in [0.5, 0.6) is 0 Å². The fourth-order valence-corrected chi connectivity index (χ4v) is 2.92. The minimum atomic E-state index is -0.314. The molecule has 1 N–H and O–H groups in total. The fourth-order valence-electron chi connectivity index (χ4n) is 2.20. The molecule has 1 aliphatic carbocycles. The molecule has 0 spiro atoms. The van der Waals surface area contributed by atoms with Gasteiger partial charge in [-0.2, -0.15) is 0 Å². The molecule has 1 aromatic carbocycles. The summed E-state index contributed by atoms with van der Waals surface area (Å²) in [5.41, 5.74) is 1.49. The van der Waals surface area contributed by atoms with E-state index in [-0.39, 0.29) is 11.5 Å². The van der Waals surface area contributed by atoms with Crippen molar-refractivity contribution < 1.29 is 9.53 Å². The van der Waals surface area contributed by atoms with Crippen LogP contribution in [-0.2, 0) is 10.2 Å². The highest BCUT2D eigenvalue weighted by Crippen LogP contribution is 2.50. The molecule has 0 radical (unpaired) electrons. The van der Waals surface area contributed by atoms with Crippen molar-refractivity contribution in [3.05, 3.63) is 29.8 Å². The lowest BCUT2D eigenvalue weighted by molar-refractivity contribution is 0.151. The van der Waals surface area contributed by atoms with Gasteiger partial charge in [0.05, 0.1) is 6.61 Å². The fraction of sp³-hybridized carbons (Fsp3) is 0.500. The molecule has 0 unspecified atom stereocenters. The van der Waals surface area contributed by atoms with Gasteiger partial charge in [0.15, 0.2) is 0 Å². The number of carbonyl (C=O) groups excluding carboxylic acids is 1. The van der Waals surface area contributed by atoms with Gasteiger partial charge in [-0.3, -0.25) is 0 Å². The molecule has 1 fully saturated rings. The summed E-state index contributed by atoms with van der Waals surface area (Å²) in [6.07, 6.45) is 4.05. The molecule has 3 nitrogen and oxygen atoms in total. The molecule has 1 aromatic rings. The first-order valence-electron chi connectivity index (χ1n) is 6.26. The number of nitrogens with one attached hydrogen (secondary N) is 1. The third kappa shape index (κ3) is 2.80. The SMILES string of the molecule is CCOC(=O)NCC1(c2ccccc2SC)CC1. The summed E-state index contributed by atoms with van der Waals surface area (Å²) in [4.78, 5) is 12.7. The molecule has 1 aliphatic rings. The van der Waals surface area contributed by atoms with E-state index in [1.165, 1.54) is 10.5 Å². The number of hydrogen-bond acceptors (Lipinski definition) is 3. The van der Waals surface area contributed by atoms with Crippen LogP contribution in [0.1, 0.15) is 25.3 Å². The number of benzene rings is 1. The highest BCUT2D eigenvalue weighted by atomic mass is 32.2. The van der Waals surface area contributed by atoms with Gasteiger partial charge in [0.2, 0.25) is 0 Å². The zero-order valence-electron chi connectivity index (χ0n) is 10.9. The molecule has 4 heteroatoms. The van der Waals surface area contributed by atoms with E-state index in [1.807, 2.05) is 6.92 Å². The lowest BCUT2D eigenvalue weighted by Crippen LogP contribution is -2.32. The molecule has 0 aliphatic heterocycles. The molecule has 18 heavy (non-hydrogen) atoms. The monoisotopic (exact) mass is 265 g/mol. The minimum Gasteiger partial charge on any atom is -0.450 e. The van der Waals surface area contributed by atoms with Gasteiger partial charge >= 0.3 is 6.09 Å². The third-order valence-electron chi connectivity index (χ3n) is 3.38. The van der Waals surface area contributed by atoms with Crippen molar-refractivity contribution in [3.63, 3.8) is 0 Å². The summed E-state index contributed by atoms with van der Waals surface area (Å²) in [5.74, 6) is 0. The third-order valence-corrected chi connectivity index (χ3v) is 4.17. The molecular weight excluding hydrogens is 246 g/mol. The van der Waals surface area contributed by atoms with Gasteiger partial charge in [-0.25, -0.2) is 4.79 Å². The van der Waals surface area contributed by atoms with Crippen molar-refractivity contribution in [1.29, 1.82) is 0 Å². The molecule has 0 aromatic heterocycles. The second kappa shape index (κ2) is 5.65. The molecule has 98 valence electrons. The van der Waals surface area contributed by atoms with E-state index in [4.69, 9.17) is 4.74 Å². The van der Waals surface area contributed by atoms with E-state index < -0.39 is 0 Å². The summed E-state index contributed by atoms with van der Waals surface area (Å²) in [6, 6.07) is 8.44. The first kappa shape index (κ1) is 13.3. The van der Waals surface area contributed by atoms with Crippen LogP contribution in [0.2, 0.25) is 0 Å². The maximum atomic E-state index is 11.4. The van der Waals surface area contributed by atoms with Crippen molar-refractivity contribution in [2.45, 2.75) is 30.1 Å². The zero-order chi connectivity index (χ0) is 13.0. The number of rotatable bonds is 5. The van der Waals surface area contributed by atoms with Crippen molar-refractivity contribution in [2.75, 3.05) is 19.4 Å². The van der Waals surface area contributed by atoms with Crippen LogP contribution in [0.25, 0.3) is 0 Å². The van der Waals surface area contributed by atoms with E-state index in [0.29, 0.717) is 13.2 Å². The van der Waals surface area contributed by atoms with Crippen molar-refractivity contribution in [1.82, 2.24) is 5.32 Å². The van der Waals surface area contributed by atoms with E-state index in [0.717, 1.165) is 12.8 Å². The Hall–Kier alpha value is -1.16. The summed E-state index contributed by atoms with van der Waals surface area (Å²) in [7, 11) is 0. The minimum absolute atomic E-state index is 0.131. The smallest absolute Gasteiger partial charge is 0.407 e. The summed E-state index contributed by atoms with van der Waals surface area (Å²) < 4.78 is 4.90. The van der Waals surface area contributed by atoms with E-state index in [1.54, 1.807) is 11.8 Å². The largest absolute Gasteiger partial charge is 0.450 e. The Bertz CT molecular complexity index is 430. The molecular formula is C14H19NO2S. The van der Waals surface area contributed by atoms with Gasteiger partial charge in [0, 0.05) is 16.9 Å². The Kier molecular flexibility index (Phi) is 4.17. The number of alkyl carbamates (subject to hydrolysis) is 1. The number of carbonyl (C=O) groups is 1. The van der Waals surface area contributed by atoms with Crippen LogP contribution in [-0.4, -0.2) is 25.5 Å². The number of ether oxygens (including phenoxy) is 1. The van der Waals surface area contributed by atoms with Gasteiger partial charge in [-0.1, -0.05) is 18.2 Å². The summed E-state index contributed by atoms with van der Waals surface area (Å²) in [5, 5.41) is 2.87. The molecule has 0 bridgehead atoms. The predicted molar refractivity (Wildman–Crippen MR) is 74.2 cm³/mol. The average Bonchev–Trinajstić information content (AvgIpc) is 3.18. The highest BCUT2D eigenvalue weighted by molar-refractivity contribution is 7.98. The topological polar surface area (TPSA) is 38.3 Å². The van der Waals surface area contributed by atoms with E-state index in [9.17, 15) is 4.79 Å². The Balaban J connectivity index is 2.05. The Morgan fingerprint density at radius 2 is 2.17 bits per heavy atom. The molecule has 0 atom stereocenters. The van der Waals surface area contributed by atoms with Gasteiger partial charge in [-0.05, 0) is 37.7 Å². The van der Waals surface area contributed by atoms with Crippen molar-refractivity contribution >= 4 is 17.9 Å². The van der Waals surface area contributed by atoms with Crippen molar-refractivity contribution in [3.8, 4) is 0 Å². The number of thioether (sulfide) groups is 1. The lowest BCUT2D eigenvalue weighted by atomic mass is 9.96. The van der Waals surface area contributed by atoms with Crippen LogP contribution < -0.4 is 5.32 Å². The maximum absolute atomic E-state index is 11.4. The predicted octanol–water partition coefficient (Wildman–Crippen LogP) is 3.19. The van der Waals surface area contributed by atoms with Gasteiger partial charge < -0.3 is 10.1 Å². The summed E-state index contributed by atoms with van der Waals surface area (Å²) >= 11 is 1.76. The maximum Gasteiger partial charge on any atom is 0.407 e. The molecule has 0 heterocycles. The second-order valence-corrected chi connectivity index (χ2v) is 5.40. The average molecular weight is 265 g/mol. The van der Waals surface area contributed by atoms with Crippen LogP contribution in [0.3, 0.4) is 0 Å². The number of hydrogen-bond donors (Lipinski definition) is 1. The Labute approximate surface area is 112 Å². The molecule has 0 saturated heterocycles. The van der Waals surface area contributed by atoms with E-state index in [2.05, 4.69) is 35.8 Å². The lowest BCUT2D eigenvalue weighted by Gasteiger charge is -2.19. The standard InChI is InChI=1S/C14H19NO2S/c1-3-17-13(16)15-10-14(8-9-14)11-6-4-5-7-12(11)18-2/h4-7H,3,8-10H2,1-2H3,(H,15,16). The quantitative estimate of drug-likeness (QED) is 0.831. The zero-order valence-corrected chi connectivity index (χ0v) is 11.7. The highest BCUT2D eigenvalue weighted by Gasteiger charge is 2.45. The van der Waals surface area contributed by atoms with Crippen LogP contribution >= 0.6 is 11.8 Å². The first-order chi connectivity index (χ1) is 8.72. The van der Waals surface area contributed by atoms with Crippen LogP contribution in [0.4, 0.5) is 4.79 Å². The van der Waals surface area contributed by atoms with Gasteiger partial charge in [0.25, 0.3) is 0 Å².